The second kappa shape index (κ2) is 7.12. The van der Waals surface area contributed by atoms with Crippen LogP contribution in [0.5, 0.6) is 0 Å². The van der Waals surface area contributed by atoms with Crippen LogP contribution in [-0.2, 0) is 10.5 Å². The van der Waals surface area contributed by atoms with E-state index in [9.17, 15) is 0 Å². The average Bonchev–Trinajstić information content (AvgIpc) is 2.21. The van der Waals surface area contributed by atoms with E-state index in [1.807, 2.05) is 36.0 Å². The van der Waals surface area contributed by atoms with Crippen LogP contribution in [0.15, 0.2) is 24.3 Å². The molecule has 2 N–H and O–H groups in total. The number of methoxy groups -OCH3 is 1. The zero-order chi connectivity index (χ0) is 11.1. The Hall–Kier alpha value is -0.220. The predicted octanol–water partition coefficient (Wildman–Crippen LogP) is 2.55. The quantitative estimate of drug-likeness (QED) is 0.837. The van der Waals surface area contributed by atoms with Crippen molar-refractivity contribution < 1.29 is 4.74 Å². The summed E-state index contributed by atoms with van der Waals surface area (Å²) >= 11 is 7.61. The Bertz CT molecular complexity index is 278. The molecule has 0 saturated heterocycles. The van der Waals surface area contributed by atoms with E-state index in [4.69, 9.17) is 22.1 Å². The SMILES string of the molecule is COCC(N)CSCc1ccc(Cl)cc1. The molecule has 2 nitrogen and oxygen atoms in total. The summed E-state index contributed by atoms with van der Waals surface area (Å²) in [6.07, 6.45) is 0. The topological polar surface area (TPSA) is 35.2 Å². The third kappa shape index (κ3) is 5.42. The van der Waals surface area contributed by atoms with Crippen LogP contribution < -0.4 is 5.73 Å². The van der Waals surface area contributed by atoms with Gasteiger partial charge >= 0.3 is 0 Å². The molecule has 0 saturated carbocycles. The molecule has 0 spiro atoms. The van der Waals surface area contributed by atoms with E-state index < -0.39 is 0 Å². The first-order valence-corrected chi connectivity index (χ1v) is 6.32. The fourth-order valence-electron chi connectivity index (χ4n) is 1.17. The van der Waals surface area contributed by atoms with E-state index >= 15 is 0 Å². The summed E-state index contributed by atoms with van der Waals surface area (Å²) in [7, 11) is 1.67. The van der Waals surface area contributed by atoms with E-state index in [-0.39, 0.29) is 6.04 Å². The molecule has 0 amide bonds. The number of hydrogen-bond donors (Lipinski definition) is 1. The molecule has 1 rings (SSSR count). The van der Waals surface area contributed by atoms with Crippen molar-refractivity contribution in [3.63, 3.8) is 0 Å². The first kappa shape index (κ1) is 12.8. The fourth-order valence-corrected chi connectivity index (χ4v) is 2.24. The van der Waals surface area contributed by atoms with Gasteiger partial charge < -0.3 is 10.5 Å². The molecule has 0 bridgehead atoms. The molecule has 0 fully saturated rings. The monoisotopic (exact) mass is 245 g/mol. The van der Waals surface area contributed by atoms with Crippen LogP contribution in [-0.4, -0.2) is 25.5 Å². The standard InChI is InChI=1S/C11H16ClNOS/c1-14-6-11(13)8-15-7-9-2-4-10(12)5-3-9/h2-5,11H,6-8,13H2,1H3. The fraction of sp³-hybridized carbons (Fsp3) is 0.455. The van der Waals surface area contributed by atoms with Crippen molar-refractivity contribution in [3.05, 3.63) is 34.9 Å². The average molecular weight is 246 g/mol. The molecule has 0 heterocycles. The van der Waals surface area contributed by atoms with Gasteiger partial charge in [-0.15, -0.1) is 0 Å². The lowest BCUT2D eigenvalue weighted by Gasteiger charge is -2.09. The van der Waals surface area contributed by atoms with Gasteiger partial charge in [0.05, 0.1) is 6.61 Å². The van der Waals surface area contributed by atoms with Gasteiger partial charge in [-0.3, -0.25) is 0 Å². The second-order valence-corrected chi connectivity index (χ2v) is 4.82. The third-order valence-electron chi connectivity index (χ3n) is 1.89. The molecular weight excluding hydrogens is 230 g/mol. The van der Waals surface area contributed by atoms with Crippen LogP contribution in [0.1, 0.15) is 5.56 Å². The van der Waals surface area contributed by atoms with E-state index in [1.54, 1.807) is 7.11 Å². The predicted molar refractivity (Wildman–Crippen MR) is 67.5 cm³/mol. The Morgan fingerprint density at radius 2 is 2.07 bits per heavy atom. The van der Waals surface area contributed by atoms with Crippen molar-refractivity contribution in [1.29, 1.82) is 0 Å². The van der Waals surface area contributed by atoms with Crippen LogP contribution in [0, 0.1) is 0 Å². The Kier molecular flexibility index (Phi) is 6.10. The first-order valence-electron chi connectivity index (χ1n) is 4.79. The Balaban J connectivity index is 2.22. The number of benzene rings is 1. The van der Waals surface area contributed by atoms with Crippen molar-refractivity contribution in [3.8, 4) is 0 Å². The summed E-state index contributed by atoms with van der Waals surface area (Å²) in [5.74, 6) is 1.88. The van der Waals surface area contributed by atoms with Crippen molar-refractivity contribution in [2.24, 2.45) is 5.73 Å². The molecule has 0 aliphatic carbocycles. The number of hydrogen-bond acceptors (Lipinski definition) is 3. The molecule has 1 aromatic rings. The smallest absolute Gasteiger partial charge is 0.0621 e. The van der Waals surface area contributed by atoms with Crippen LogP contribution in [0.2, 0.25) is 5.02 Å². The number of rotatable bonds is 6. The number of ether oxygens (including phenoxy) is 1. The zero-order valence-electron chi connectivity index (χ0n) is 8.78. The third-order valence-corrected chi connectivity index (χ3v) is 3.35. The van der Waals surface area contributed by atoms with Gasteiger partial charge in [0.15, 0.2) is 0 Å². The van der Waals surface area contributed by atoms with Crippen LogP contribution in [0.4, 0.5) is 0 Å². The van der Waals surface area contributed by atoms with Crippen LogP contribution in [0.25, 0.3) is 0 Å². The van der Waals surface area contributed by atoms with Crippen molar-refractivity contribution in [2.45, 2.75) is 11.8 Å². The van der Waals surface area contributed by atoms with Crippen molar-refractivity contribution in [2.75, 3.05) is 19.5 Å². The Morgan fingerprint density at radius 1 is 1.40 bits per heavy atom. The highest BCUT2D eigenvalue weighted by Crippen LogP contribution is 2.15. The minimum Gasteiger partial charge on any atom is -0.383 e. The summed E-state index contributed by atoms with van der Waals surface area (Å²) in [5, 5.41) is 0.778. The van der Waals surface area contributed by atoms with E-state index in [2.05, 4.69) is 0 Å². The lowest BCUT2D eigenvalue weighted by atomic mass is 10.2. The highest BCUT2D eigenvalue weighted by Gasteiger charge is 2.01. The molecule has 0 radical (unpaired) electrons. The van der Waals surface area contributed by atoms with Crippen LogP contribution in [0.3, 0.4) is 0 Å². The molecule has 15 heavy (non-hydrogen) atoms. The van der Waals surface area contributed by atoms with E-state index in [0.717, 1.165) is 16.5 Å². The highest BCUT2D eigenvalue weighted by atomic mass is 35.5. The minimum atomic E-state index is 0.118. The molecule has 1 unspecified atom stereocenters. The van der Waals surface area contributed by atoms with Crippen molar-refractivity contribution in [1.82, 2.24) is 0 Å². The summed E-state index contributed by atoms with van der Waals surface area (Å²) in [6.45, 7) is 0.619. The maximum Gasteiger partial charge on any atom is 0.0621 e. The molecule has 4 heteroatoms. The summed E-state index contributed by atoms with van der Waals surface area (Å²) in [4.78, 5) is 0. The lowest BCUT2D eigenvalue weighted by molar-refractivity contribution is 0.186. The van der Waals surface area contributed by atoms with Gasteiger partial charge in [0, 0.05) is 29.7 Å². The molecule has 84 valence electrons. The number of thioether (sulfide) groups is 1. The van der Waals surface area contributed by atoms with E-state index in [1.165, 1.54) is 5.56 Å². The van der Waals surface area contributed by atoms with Gasteiger partial charge in [0.1, 0.15) is 0 Å². The summed E-state index contributed by atoms with van der Waals surface area (Å²) in [6, 6.07) is 8.01. The highest BCUT2D eigenvalue weighted by molar-refractivity contribution is 7.98. The number of halogens is 1. The normalized spacial score (nSPS) is 12.7. The minimum absolute atomic E-state index is 0.118. The Morgan fingerprint density at radius 3 is 2.67 bits per heavy atom. The maximum absolute atomic E-state index is 5.81. The van der Waals surface area contributed by atoms with Gasteiger partial charge in [-0.1, -0.05) is 23.7 Å². The van der Waals surface area contributed by atoms with Gasteiger partial charge in [-0.2, -0.15) is 11.8 Å². The second-order valence-electron chi connectivity index (χ2n) is 3.36. The molecule has 0 aliphatic rings. The van der Waals surface area contributed by atoms with Crippen LogP contribution >= 0.6 is 23.4 Å². The molecular formula is C11H16ClNOS. The molecule has 1 atom stereocenters. The zero-order valence-corrected chi connectivity index (χ0v) is 10.4. The van der Waals surface area contributed by atoms with Crippen molar-refractivity contribution >= 4 is 23.4 Å². The van der Waals surface area contributed by atoms with Gasteiger partial charge in [0.25, 0.3) is 0 Å². The number of nitrogens with two attached hydrogens (primary N) is 1. The van der Waals surface area contributed by atoms with E-state index in [0.29, 0.717) is 6.61 Å². The molecule has 1 aromatic carbocycles. The first-order chi connectivity index (χ1) is 7.22. The van der Waals surface area contributed by atoms with Gasteiger partial charge in [0.2, 0.25) is 0 Å². The molecule has 0 aliphatic heterocycles. The summed E-state index contributed by atoms with van der Waals surface area (Å²) in [5.41, 5.74) is 7.08. The van der Waals surface area contributed by atoms with Gasteiger partial charge in [-0.05, 0) is 17.7 Å². The van der Waals surface area contributed by atoms with Gasteiger partial charge in [-0.25, -0.2) is 0 Å². The summed E-state index contributed by atoms with van der Waals surface area (Å²) < 4.78 is 4.97. The molecule has 0 aromatic heterocycles. The largest absolute Gasteiger partial charge is 0.383 e. The maximum atomic E-state index is 5.81. The Labute approximate surface area is 100 Å². The lowest BCUT2D eigenvalue weighted by Crippen LogP contribution is -2.28.